The van der Waals surface area contributed by atoms with Crippen LogP contribution in [0.2, 0.25) is 0 Å². The summed E-state index contributed by atoms with van der Waals surface area (Å²) in [7, 11) is 0. The highest BCUT2D eigenvalue weighted by molar-refractivity contribution is 5.80. The largest absolute Gasteiger partial charge is 0.384 e. The molecule has 1 atom stereocenters. The Labute approximate surface area is 131 Å². The minimum Gasteiger partial charge on any atom is -0.384 e. The lowest BCUT2D eigenvalue weighted by atomic mass is 9.93. The molecule has 1 aliphatic rings. The summed E-state index contributed by atoms with van der Waals surface area (Å²) in [6.45, 7) is 1.98. The Morgan fingerprint density at radius 1 is 1.09 bits per heavy atom. The summed E-state index contributed by atoms with van der Waals surface area (Å²) in [5.74, 6) is 0.220. The number of aliphatic hydroxyl groups is 1. The van der Waals surface area contributed by atoms with Crippen molar-refractivity contribution in [2.24, 2.45) is 5.92 Å². The Hall–Kier alpha value is -2.13. The van der Waals surface area contributed by atoms with E-state index in [2.05, 4.69) is 17.4 Å². The van der Waals surface area contributed by atoms with Gasteiger partial charge >= 0.3 is 0 Å². The normalized spacial score (nSPS) is 16.8. The summed E-state index contributed by atoms with van der Waals surface area (Å²) >= 11 is 0. The fraction of sp³-hybridized carbons (Fsp3) is 0.316. The molecule has 1 unspecified atom stereocenters. The number of hydrogen-bond acceptors (Lipinski definition) is 2. The van der Waals surface area contributed by atoms with Gasteiger partial charge in [0.25, 0.3) is 0 Å². The first-order valence-electron chi connectivity index (χ1n) is 7.72. The third-order valence-electron chi connectivity index (χ3n) is 4.17. The number of nitrogens with one attached hydrogen (secondary N) is 1. The van der Waals surface area contributed by atoms with Crippen molar-refractivity contribution in [3.63, 3.8) is 0 Å². The van der Waals surface area contributed by atoms with Crippen LogP contribution in [0.4, 0.5) is 0 Å². The highest BCUT2D eigenvalue weighted by atomic mass is 16.3. The number of hydrogen-bond donors (Lipinski definition) is 2. The van der Waals surface area contributed by atoms with Gasteiger partial charge in [0.1, 0.15) is 5.60 Å². The van der Waals surface area contributed by atoms with Crippen molar-refractivity contribution in [2.75, 3.05) is 6.54 Å². The average Bonchev–Trinajstić information content (AvgIpc) is 3.39. The van der Waals surface area contributed by atoms with Gasteiger partial charge in [-0.2, -0.15) is 0 Å². The van der Waals surface area contributed by atoms with Crippen LogP contribution in [-0.4, -0.2) is 17.6 Å². The molecule has 0 bridgehead atoms. The molecule has 2 aromatic carbocycles. The number of rotatable bonds is 5. The van der Waals surface area contributed by atoms with E-state index in [-0.39, 0.29) is 18.4 Å². The molecule has 3 nitrogen and oxygen atoms in total. The first-order valence-corrected chi connectivity index (χ1v) is 7.72. The van der Waals surface area contributed by atoms with E-state index in [0.29, 0.717) is 0 Å². The number of carbonyl (C=O) groups is 1. The van der Waals surface area contributed by atoms with Crippen molar-refractivity contribution < 1.29 is 9.90 Å². The van der Waals surface area contributed by atoms with Gasteiger partial charge in [-0.3, -0.25) is 4.79 Å². The van der Waals surface area contributed by atoms with Crippen LogP contribution in [-0.2, 0) is 10.4 Å². The van der Waals surface area contributed by atoms with Crippen LogP contribution in [0.25, 0.3) is 11.1 Å². The summed E-state index contributed by atoms with van der Waals surface area (Å²) in [5, 5.41) is 13.4. The molecule has 0 aromatic heterocycles. The van der Waals surface area contributed by atoms with E-state index in [1.807, 2.05) is 42.5 Å². The zero-order chi connectivity index (χ0) is 15.6. The highest BCUT2D eigenvalue weighted by Crippen LogP contribution is 2.29. The monoisotopic (exact) mass is 295 g/mol. The van der Waals surface area contributed by atoms with Crippen LogP contribution in [0, 0.1) is 5.92 Å². The van der Waals surface area contributed by atoms with Crippen molar-refractivity contribution in [3.8, 4) is 11.1 Å². The van der Waals surface area contributed by atoms with Crippen LogP contribution >= 0.6 is 0 Å². The van der Waals surface area contributed by atoms with Crippen molar-refractivity contribution >= 4 is 5.91 Å². The minimum absolute atomic E-state index is 0.0566. The van der Waals surface area contributed by atoms with E-state index in [1.54, 1.807) is 6.92 Å². The predicted molar refractivity (Wildman–Crippen MR) is 87.2 cm³/mol. The van der Waals surface area contributed by atoms with E-state index >= 15 is 0 Å². The molecule has 2 N–H and O–H groups in total. The summed E-state index contributed by atoms with van der Waals surface area (Å²) < 4.78 is 0. The van der Waals surface area contributed by atoms with Crippen molar-refractivity contribution in [1.82, 2.24) is 5.32 Å². The minimum atomic E-state index is -1.06. The standard InChI is InChI=1S/C19H21NO2/c1-19(22,13-20-18(21)16-7-8-16)17-11-9-15(10-12-17)14-5-3-2-4-6-14/h2-6,9-12,16,22H,7-8,13H2,1H3,(H,20,21). The molecular weight excluding hydrogens is 274 g/mol. The molecule has 3 heteroatoms. The van der Waals surface area contributed by atoms with E-state index in [0.717, 1.165) is 29.5 Å². The van der Waals surface area contributed by atoms with Crippen LogP contribution < -0.4 is 5.32 Å². The van der Waals surface area contributed by atoms with E-state index in [4.69, 9.17) is 0 Å². The van der Waals surface area contributed by atoms with Gasteiger partial charge in [-0.15, -0.1) is 0 Å². The lowest BCUT2D eigenvalue weighted by molar-refractivity contribution is -0.123. The second-order valence-corrected chi connectivity index (χ2v) is 6.21. The van der Waals surface area contributed by atoms with Crippen LogP contribution in [0.3, 0.4) is 0 Å². The fourth-order valence-electron chi connectivity index (χ4n) is 2.50. The fourth-order valence-corrected chi connectivity index (χ4v) is 2.50. The molecule has 0 aliphatic heterocycles. The van der Waals surface area contributed by atoms with Gasteiger partial charge in [0.05, 0.1) is 6.54 Å². The second-order valence-electron chi connectivity index (χ2n) is 6.21. The van der Waals surface area contributed by atoms with Gasteiger partial charge < -0.3 is 10.4 Å². The lowest BCUT2D eigenvalue weighted by Crippen LogP contribution is -2.39. The van der Waals surface area contributed by atoms with Crippen LogP contribution in [0.5, 0.6) is 0 Å². The molecule has 2 aromatic rings. The van der Waals surface area contributed by atoms with Gasteiger partial charge in [-0.25, -0.2) is 0 Å². The Morgan fingerprint density at radius 2 is 1.68 bits per heavy atom. The maximum absolute atomic E-state index is 11.7. The molecule has 3 rings (SSSR count). The SMILES string of the molecule is CC(O)(CNC(=O)C1CC1)c1ccc(-c2ccccc2)cc1. The molecule has 0 heterocycles. The molecule has 1 fully saturated rings. The smallest absolute Gasteiger partial charge is 0.223 e. The Kier molecular flexibility index (Phi) is 3.99. The summed E-state index contributed by atoms with van der Waals surface area (Å²) in [6.07, 6.45) is 1.94. The van der Waals surface area contributed by atoms with Gasteiger partial charge in [-0.1, -0.05) is 54.6 Å². The van der Waals surface area contributed by atoms with Crippen molar-refractivity contribution in [3.05, 3.63) is 60.2 Å². The summed E-state index contributed by atoms with van der Waals surface area (Å²) in [4.78, 5) is 11.7. The van der Waals surface area contributed by atoms with Gasteiger partial charge in [-0.05, 0) is 36.5 Å². The Bertz CT molecular complexity index is 643. The number of carbonyl (C=O) groups excluding carboxylic acids is 1. The topological polar surface area (TPSA) is 49.3 Å². The number of amides is 1. The molecular formula is C19H21NO2. The third-order valence-corrected chi connectivity index (χ3v) is 4.17. The molecule has 0 spiro atoms. The Balaban J connectivity index is 1.69. The maximum Gasteiger partial charge on any atom is 0.223 e. The van der Waals surface area contributed by atoms with Gasteiger partial charge in [0.2, 0.25) is 5.91 Å². The van der Waals surface area contributed by atoms with Gasteiger partial charge in [0.15, 0.2) is 0 Å². The van der Waals surface area contributed by atoms with Crippen molar-refractivity contribution in [1.29, 1.82) is 0 Å². The highest BCUT2D eigenvalue weighted by Gasteiger charge is 2.31. The quantitative estimate of drug-likeness (QED) is 0.890. The second kappa shape index (κ2) is 5.93. The lowest BCUT2D eigenvalue weighted by Gasteiger charge is -2.24. The van der Waals surface area contributed by atoms with Crippen LogP contribution in [0.1, 0.15) is 25.3 Å². The van der Waals surface area contributed by atoms with E-state index in [1.165, 1.54) is 0 Å². The number of benzene rings is 2. The molecule has 0 saturated heterocycles. The van der Waals surface area contributed by atoms with Crippen LogP contribution in [0.15, 0.2) is 54.6 Å². The molecule has 0 radical (unpaired) electrons. The first kappa shape index (κ1) is 14.8. The molecule has 1 amide bonds. The summed E-state index contributed by atoms with van der Waals surface area (Å²) in [5.41, 5.74) is 2.01. The average molecular weight is 295 g/mol. The maximum atomic E-state index is 11.7. The molecule has 1 aliphatic carbocycles. The third kappa shape index (κ3) is 3.37. The summed E-state index contributed by atoms with van der Waals surface area (Å²) in [6, 6.07) is 18.0. The Morgan fingerprint density at radius 3 is 2.27 bits per heavy atom. The zero-order valence-electron chi connectivity index (χ0n) is 12.8. The van der Waals surface area contributed by atoms with E-state index in [9.17, 15) is 9.90 Å². The molecule has 1 saturated carbocycles. The van der Waals surface area contributed by atoms with E-state index < -0.39 is 5.60 Å². The van der Waals surface area contributed by atoms with Gasteiger partial charge in [0, 0.05) is 5.92 Å². The first-order chi connectivity index (χ1) is 10.6. The molecule has 114 valence electrons. The van der Waals surface area contributed by atoms with Crippen molar-refractivity contribution in [2.45, 2.75) is 25.4 Å². The predicted octanol–water partition coefficient (Wildman–Crippen LogP) is 3.09. The molecule has 22 heavy (non-hydrogen) atoms. The zero-order valence-corrected chi connectivity index (χ0v) is 12.8.